The van der Waals surface area contributed by atoms with E-state index in [-0.39, 0.29) is 11.1 Å². The molecule has 1 N–H and O–H groups in total. The summed E-state index contributed by atoms with van der Waals surface area (Å²) in [5.41, 5.74) is -0.347. The van der Waals surface area contributed by atoms with Crippen LogP contribution in [0, 0.1) is 0 Å². The van der Waals surface area contributed by atoms with Crippen LogP contribution in [-0.4, -0.2) is 24.3 Å². The fourth-order valence-corrected chi connectivity index (χ4v) is 2.28. The summed E-state index contributed by atoms with van der Waals surface area (Å²) < 4.78 is 58.0. The first-order valence-corrected chi connectivity index (χ1v) is 9.08. The first-order chi connectivity index (χ1) is 12.5. The lowest BCUT2D eigenvalue weighted by molar-refractivity contribution is -0.153. The highest BCUT2D eigenvalue weighted by Gasteiger charge is 2.33. The molecule has 0 aliphatic heterocycles. The zero-order valence-corrected chi connectivity index (χ0v) is 17.2. The number of halogens is 6. The first-order valence-electron chi connectivity index (χ1n) is 7.50. The maximum atomic E-state index is 13.4. The largest absolute Gasteiger partial charge is 0.459 e. The number of hydrogen-bond donors (Lipinski definition) is 1. The summed E-state index contributed by atoms with van der Waals surface area (Å²) in [7, 11) is 0. The Balaban J connectivity index is 0.000000277. The average Bonchev–Trinajstić information content (AvgIpc) is 2.61. The van der Waals surface area contributed by atoms with Crippen LogP contribution in [-0.2, 0) is 21.4 Å². The van der Waals surface area contributed by atoms with Crippen molar-refractivity contribution in [3.63, 3.8) is 0 Å². The molecule has 2 aromatic rings. The predicted molar refractivity (Wildman–Crippen MR) is 99.8 cm³/mol. The molecule has 3 nitrogen and oxygen atoms in total. The molecule has 0 fully saturated rings. The summed E-state index contributed by atoms with van der Waals surface area (Å²) in [5.74, 6) is -7.00. The minimum Gasteiger partial charge on any atom is -0.459 e. The molecular formula is C18H16Br2F4O3. The number of alkyl halides is 4. The Kier molecular flexibility index (Phi) is 8.90. The molecule has 27 heavy (non-hydrogen) atoms. The van der Waals surface area contributed by atoms with Crippen molar-refractivity contribution < 1.29 is 32.2 Å². The molecule has 0 saturated heterocycles. The normalized spacial score (nSPS) is 11.4. The van der Waals surface area contributed by atoms with Crippen LogP contribution in [0.4, 0.5) is 17.6 Å². The fraction of sp³-hybridized carbons (Fsp3) is 0.278. The van der Waals surface area contributed by atoms with E-state index in [1.807, 2.05) is 0 Å². The van der Waals surface area contributed by atoms with E-state index in [1.54, 1.807) is 0 Å². The van der Waals surface area contributed by atoms with Crippen LogP contribution < -0.4 is 0 Å². The van der Waals surface area contributed by atoms with Crippen molar-refractivity contribution in [1.82, 2.24) is 0 Å². The smallest absolute Gasteiger partial charge is 0.306 e. The van der Waals surface area contributed by atoms with Crippen LogP contribution in [0.3, 0.4) is 0 Å². The van der Waals surface area contributed by atoms with Gasteiger partial charge in [0.2, 0.25) is 0 Å². The molecule has 0 atom stereocenters. The predicted octanol–water partition coefficient (Wildman–Crippen LogP) is 5.64. The molecule has 0 spiro atoms. The molecule has 0 saturated carbocycles. The summed E-state index contributed by atoms with van der Waals surface area (Å²) in [6, 6.07) is 11.2. The van der Waals surface area contributed by atoms with E-state index < -0.39 is 31.0 Å². The van der Waals surface area contributed by atoms with Gasteiger partial charge < -0.3 is 9.84 Å². The molecule has 0 amide bonds. The van der Waals surface area contributed by atoms with Crippen molar-refractivity contribution in [2.24, 2.45) is 0 Å². The zero-order chi connectivity index (χ0) is 20.7. The topological polar surface area (TPSA) is 46.5 Å². The van der Waals surface area contributed by atoms with Gasteiger partial charge in [-0.2, -0.15) is 17.6 Å². The molecule has 0 unspecified atom stereocenters. The van der Waals surface area contributed by atoms with E-state index in [0.717, 1.165) is 15.9 Å². The van der Waals surface area contributed by atoms with E-state index in [1.165, 1.54) is 48.5 Å². The van der Waals surface area contributed by atoms with E-state index in [0.29, 0.717) is 0 Å². The standard InChI is InChI=1S/C10H9BrF2O2.C8H7BrF2O/c1-7(14)15-6-10(12,13)8-2-4-9(11)5-3-8;9-7-3-1-6(2-4-7)8(10,11)5-12/h2-5H,6H2,1H3;1-4,12H,5H2. The van der Waals surface area contributed by atoms with Crippen LogP contribution in [0.5, 0.6) is 0 Å². The second-order valence-electron chi connectivity index (χ2n) is 5.36. The van der Waals surface area contributed by atoms with Gasteiger partial charge in [-0.25, -0.2) is 0 Å². The highest BCUT2D eigenvalue weighted by molar-refractivity contribution is 9.10. The van der Waals surface area contributed by atoms with Gasteiger partial charge in [-0.05, 0) is 24.3 Å². The Hall–Kier alpha value is -1.45. The summed E-state index contributed by atoms with van der Waals surface area (Å²) in [6.45, 7) is -0.990. The van der Waals surface area contributed by atoms with Gasteiger partial charge in [0.15, 0.2) is 6.61 Å². The van der Waals surface area contributed by atoms with Crippen molar-refractivity contribution >= 4 is 37.8 Å². The maximum Gasteiger partial charge on any atom is 0.306 e. The molecule has 0 heterocycles. The summed E-state index contributed by atoms with van der Waals surface area (Å²) in [6.07, 6.45) is 0. The fourth-order valence-electron chi connectivity index (χ4n) is 1.75. The third kappa shape index (κ3) is 7.98. The maximum absolute atomic E-state index is 13.4. The van der Waals surface area contributed by atoms with Gasteiger partial charge in [0.25, 0.3) is 5.92 Å². The van der Waals surface area contributed by atoms with E-state index in [2.05, 4.69) is 36.6 Å². The number of aliphatic hydroxyl groups is 1. The van der Waals surface area contributed by atoms with Crippen molar-refractivity contribution in [3.05, 3.63) is 68.6 Å². The lowest BCUT2D eigenvalue weighted by atomic mass is 10.1. The number of hydrogen-bond acceptors (Lipinski definition) is 3. The quantitative estimate of drug-likeness (QED) is 0.414. The number of esters is 1. The SMILES string of the molecule is CC(=O)OCC(F)(F)c1ccc(Br)cc1.OCC(F)(F)c1ccc(Br)cc1. The van der Waals surface area contributed by atoms with Gasteiger partial charge in [0.05, 0.1) is 0 Å². The lowest BCUT2D eigenvalue weighted by Crippen LogP contribution is -2.22. The molecule has 0 aliphatic rings. The Labute approximate surface area is 170 Å². The minimum atomic E-state index is -3.15. The minimum absolute atomic E-state index is 0.173. The number of rotatable bonds is 5. The average molecular weight is 516 g/mol. The third-order valence-corrected chi connectivity index (χ3v) is 4.25. The number of ether oxygens (including phenoxy) is 1. The van der Waals surface area contributed by atoms with Crippen LogP contribution in [0.15, 0.2) is 57.5 Å². The van der Waals surface area contributed by atoms with Gasteiger partial charge in [-0.3, -0.25) is 4.79 Å². The monoisotopic (exact) mass is 514 g/mol. The van der Waals surface area contributed by atoms with Crippen LogP contribution >= 0.6 is 31.9 Å². The molecule has 9 heteroatoms. The number of carbonyl (C=O) groups excluding carboxylic acids is 1. The zero-order valence-electron chi connectivity index (χ0n) is 14.1. The van der Waals surface area contributed by atoms with Crippen molar-refractivity contribution in [2.75, 3.05) is 13.2 Å². The lowest BCUT2D eigenvalue weighted by Gasteiger charge is -2.16. The Morgan fingerprint density at radius 1 is 0.889 bits per heavy atom. The molecule has 0 radical (unpaired) electrons. The van der Waals surface area contributed by atoms with Gasteiger partial charge in [0.1, 0.15) is 6.61 Å². The molecule has 0 bridgehead atoms. The second kappa shape index (κ2) is 10.2. The van der Waals surface area contributed by atoms with Gasteiger partial charge >= 0.3 is 11.9 Å². The van der Waals surface area contributed by atoms with Crippen LogP contribution in [0.1, 0.15) is 18.1 Å². The number of benzene rings is 2. The van der Waals surface area contributed by atoms with Crippen molar-refractivity contribution in [2.45, 2.75) is 18.8 Å². The second-order valence-corrected chi connectivity index (χ2v) is 7.19. The highest BCUT2D eigenvalue weighted by Crippen LogP contribution is 2.29. The van der Waals surface area contributed by atoms with Gasteiger partial charge in [-0.15, -0.1) is 0 Å². The van der Waals surface area contributed by atoms with E-state index in [4.69, 9.17) is 5.11 Å². The molecule has 148 valence electrons. The summed E-state index contributed by atoms with van der Waals surface area (Å²) >= 11 is 6.27. The van der Waals surface area contributed by atoms with E-state index >= 15 is 0 Å². The Bertz CT molecular complexity index is 735. The molecular weight excluding hydrogens is 500 g/mol. The highest BCUT2D eigenvalue weighted by atomic mass is 79.9. The summed E-state index contributed by atoms with van der Waals surface area (Å²) in [5, 5.41) is 8.36. The third-order valence-electron chi connectivity index (χ3n) is 3.19. The molecule has 0 aliphatic carbocycles. The molecule has 0 aromatic heterocycles. The van der Waals surface area contributed by atoms with Crippen LogP contribution in [0.2, 0.25) is 0 Å². The van der Waals surface area contributed by atoms with Gasteiger partial charge in [0, 0.05) is 27.0 Å². The van der Waals surface area contributed by atoms with Crippen molar-refractivity contribution in [1.29, 1.82) is 0 Å². The van der Waals surface area contributed by atoms with Crippen molar-refractivity contribution in [3.8, 4) is 0 Å². The van der Waals surface area contributed by atoms with Gasteiger partial charge in [-0.1, -0.05) is 56.1 Å². The molecule has 2 rings (SSSR count). The Morgan fingerprint density at radius 2 is 1.26 bits per heavy atom. The number of carbonyl (C=O) groups is 1. The summed E-state index contributed by atoms with van der Waals surface area (Å²) in [4.78, 5) is 10.4. The number of aliphatic hydroxyl groups excluding tert-OH is 1. The first kappa shape index (κ1) is 23.6. The van der Waals surface area contributed by atoms with E-state index in [9.17, 15) is 22.4 Å². The van der Waals surface area contributed by atoms with Crippen LogP contribution in [0.25, 0.3) is 0 Å². The molecule has 2 aromatic carbocycles. The Morgan fingerprint density at radius 3 is 1.59 bits per heavy atom.